The monoisotopic (exact) mass is 366 g/mol. The predicted molar refractivity (Wildman–Crippen MR) is 106 cm³/mol. The summed E-state index contributed by atoms with van der Waals surface area (Å²) < 4.78 is 1.23. The van der Waals surface area contributed by atoms with Gasteiger partial charge in [0.05, 0.1) is 0 Å². The number of aryl methyl sites for hydroxylation is 1. The standard InChI is InChI=1S/C21H22N2O2S/c1-2-13-3-5-18-16(9-13)11-17(21(25)23-18)20(24)22-12-14-4-6-19-15(10-14)7-8-26-19/h4,6-8,10-11,13H,2-3,5,9,12H2,1H3,(H,22,24)(H,23,25). The van der Waals surface area contributed by atoms with Crippen LogP contribution in [0.15, 0.2) is 40.5 Å². The number of amides is 1. The molecule has 134 valence electrons. The number of aromatic nitrogens is 1. The SMILES string of the molecule is CCC1CCc2[nH]c(=O)c(C(=O)NCc3ccc4sccc4c3)cc2C1. The lowest BCUT2D eigenvalue weighted by atomic mass is 9.84. The molecule has 4 rings (SSSR count). The average Bonchev–Trinajstić information content (AvgIpc) is 3.13. The lowest BCUT2D eigenvalue weighted by Gasteiger charge is -2.23. The molecule has 1 aromatic carbocycles. The highest BCUT2D eigenvalue weighted by atomic mass is 32.1. The summed E-state index contributed by atoms with van der Waals surface area (Å²) in [6.45, 7) is 2.61. The first-order chi connectivity index (χ1) is 12.6. The zero-order valence-corrected chi connectivity index (χ0v) is 15.6. The molecule has 2 heterocycles. The smallest absolute Gasteiger partial charge is 0.261 e. The summed E-state index contributed by atoms with van der Waals surface area (Å²) in [7, 11) is 0. The van der Waals surface area contributed by atoms with Crippen LogP contribution < -0.4 is 10.9 Å². The van der Waals surface area contributed by atoms with Crippen LogP contribution in [0, 0.1) is 5.92 Å². The van der Waals surface area contributed by atoms with Crippen molar-refractivity contribution in [3.05, 3.63) is 68.4 Å². The van der Waals surface area contributed by atoms with Crippen molar-refractivity contribution in [2.45, 2.75) is 39.2 Å². The van der Waals surface area contributed by atoms with E-state index in [0.717, 1.165) is 42.5 Å². The first kappa shape index (κ1) is 17.0. The van der Waals surface area contributed by atoms with Crippen molar-refractivity contribution in [2.24, 2.45) is 5.92 Å². The summed E-state index contributed by atoms with van der Waals surface area (Å²) in [6, 6.07) is 10.0. The number of thiophene rings is 1. The van der Waals surface area contributed by atoms with E-state index in [1.54, 1.807) is 17.4 Å². The maximum absolute atomic E-state index is 12.6. The van der Waals surface area contributed by atoms with E-state index < -0.39 is 0 Å². The van der Waals surface area contributed by atoms with E-state index in [-0.39, 0.29) is 17.0 Å². The van der Waals surface area contributed by atoms with E-state index in [1.165, 1.54) is 10.1 Å². The molecule has 0 saturated carbocycles. The Morgan fingerprint density at radius 2 is 2.19 bits per heavy atom. The van der Waals surface area contributed by atoms with Gasteiger partial charge in [-0.05, 0) is 71.3 Å². The molecule has 1 amide bonds. The van der Waals surface area contributed by atoms with E-state index in [9.17, 15) is 9.59 Å². The Balaban J connectivity index is 1.51. The topological polar surface area (TPSA) is 62.0 Å². The number of hydrogen-bond donors (Lipinski definition) is 2. The number of carbonyl (C=O) groups is 1. The highest BCUT2D eigenvalue weighted by Gasteiger charge is 2.21. The average molecular weight is 366 g/mol. The molecule has 1 unspecified atom stereocenters. The number of benzene rings is 1. The second-order valence-electron chi connectivity index (χ2n) is 7.01. The Bertz CT molecular complexity index is 1020. The third-order valence-electron chi connectivity index (χ3n) is 5.32. The lowest BCUT2D eigenvalue weighted by molar-refractivity contribution is 0.0949. The van der Waals surface area contributed by atoms with Crippen LogP contribution in [-0.2, 0) is 19.4 Å². The van der Waals surface area contributed by atoms with Crippen molar-refractivity contribution in [2.75, 3.05) is 0 Å². The van der Waals surface area contributed by atoms with E-state index in [0.29, 0.717) is 12.5 Å². The summed E-state index contributed by atoms with van der Waals surface area (Å²) in [6.07, 6.45) is 4.07. The Hall–Kier alpha value is -2.40. The van der Waals surface area contributed by atoms with Gasteiger partial charge in [0.15, 0.2) is 0 Å². The number of carbonyl (C=O) groups excluding carboxylic acids is 1. The van der Waals surface area contributed by atoms with Crippen LogP contribution in [0.5, 0.6) is 0 Å². The van der Waals surface area contributed by atoms with Crippen molar-refractivity contribution in [1.29, 1.82) is 0 Å². The van der Waals surface area contributed by atoms with E-state index in [2.05, 4.69) is 40.8 Å². The molecular formula is C21H22N2O2S. The van der Waals surface area contributed by atoms with Gasteiger partial charge in [-0.2, -0.15) is 0 Å². The Kier molecular flexibility index (Phi) is 4.64. The Labute approximate surface area is 156 Å². The lowest BCUT2D eigenvalue weighted by Crippen LogP contribution is -2.31. The maximum Gasteiger partial charge on any atom is 0.261 e. The van der Waals surface area contributed by atoms with Gasteiger partial charge in [0.1, 0.15) is 5.56 Å². The number of rotatable bonds is 4. The zero-order chi connectivity index (χ0) is 18.1. The summed E-state index contributed by atoms with van der Waals surface area (Å²) >= 11 is 1.70. The molecule has 0 saturated heterocycles. The Morgan fingerprint density at radius 3 is 3.04 bits per heavy atom. The minimum Gasteiger partial charge on any atom is -0.348 e. The normalized spacial score (nSPS) is 16.4. The van der Waals surface area contributed by atoms with Crippen LogP contribution >= 0.6 is 11.3 Å². The van der Waals surface area contributed by atoms with Crippen LogP contribution in [0.2, 0.25) is 0 Å². The fourth-order valence-corrected chi connectivity index (χ4v) is 4.47. The summed E-state index contributed by atoms with van der Waals surface area (Å²) in [5, 5.41) is 6.13. The Morgan fingerprint density at radius 1 is 1.31 bits per heavy atom. The number of nitrogens with one attached hydrogen (secondary N) is 2. The van der Waals surface area contributed by atoms with Crippen LogP contribution in [0.25, 0.3) is 10.1 Å². The van der Waals surface area contributed by atoms with Gasteiger partial charge in [0, 0.05) is 16.9 Å². The molecular weight excluding hydrogens is 344 g/mol. The van der Waals surface area contributed by atoms with Gasteiger partial charge in [0.2, 0.25) is 0 Å². The predicted octanol–water partition coefficient (Wildman–Crippen LogP) is 4.03. The molecule has 4 nitrogen and oxygen atoms in total. The van der Waals surface area contributed by atoms with Crippen molar-refractivity contribution in [3.63, 3.8) is 0 Å². The molecule has 0 spiro atoms. The van der Waals surface area contributed by atoms with Gasteiger partial charge < -0.3 is 10.3 Å². The molecule has 1 atom stereocenters. The molecule has 2 N–H and O–H groups in total. The van der Waals surface area contributed by atoms with Gasteiger partial charge in [-0.1, -0.05) is 19.4 Å². The van der Waals surface area contributed by atoms with Crippen molar-refractivity contribution >= 4 is 27.3 Å². The summed E-state index contributed by atoms with van der Waals surface area (Å²) in [4.78, 5) is 27.8. The number of fused-ring (bicyclic) bond motifs is 2. The quantitative estimate of drug-likeness (QED) is 0.732. The third kappa shape index (κ3) is 3.31. The highest BCUT2D eigenvalue weighted by molar-refractivity contribution is 7.17. The van der Waals surface area contributed by atoms with Gasteiger partial charge >= 0.3 is 0 Å². The van der Waals surface area contributed by atoms with Crippen LogP contribution in [-0.4, -0.2) is 10.9 Å². The third-order valence-corrected chi connectivity index (χ3v) is 6.22. The van der Waals surface area contributed by atoms with Gasteiger partial charge in [-0.25, -0.2) is 0 Å². The second-order valence-corrected chi connectivity index (χ2v) is 7.96. The van der Waals surface area contributed by atoms with E-state index >= 15 is 0 Å². The largest absolute Gasteiger partial charge is 0.348 e. The molecule has 1 aliphatic carbocycles. The second kappa shape index (κ2) is 7.08. The minimum absolute atomic E-state index is 0.220. The molecule has 0 bridgehead atoms. The molecule has 26 heavy (non-hydrogen) atoms. The van der Waals surface area contributed by atoms with Gasteiger partial charge in [0.25, 0.3) is 11.5 Å². The van der Waals surface area contributed by atoms with Crippen LogP contribution in [0.1, 0.15) is 46.9 Å². The van der Waals surface area contributed by atoms with Gasteiger partial charge in [-0.3, -0.25) is 9.59 Å². The molecule has 0 radical (unpaired) electrons. The molecule has 1 aliphatic rings. The fourth-order valence-electron chi connectivity index (χ4n) is 3.70. The van der Waals surface area contributed by atoms with Gasteiger partial charge in [-0.15, -0.1) is 11.3 Å². The number of pyridine rings is 1. The zero-order valence-electron chi connectivity index (χ0n) is 14.8. The minimum atomic E-state index is -0.307. The van der Waals surface area contributed by atoms with Crippen LogP contribution in [0.3, 0.4) is 0 Å². The highest BCUT2D eigenvalue weighted by Crippen LogP contribution is 2.26. The molecule has 2 aromatic heterocycles. The first-order valence-corrected chi connectivity index (χ1v) is 10.0. The van der Waals surface area contributed by atoms with E-state index in [1.807, 2.05) is 6.07 Å². The molecule has 0 fully saturated rings. The molecule has 0 aliphatic heterocycles. The van der Waals surface area contributed by atoms with Crippen molar-refractivity contribution in [1.82, 2.24) is 10.3 Å². The van der Waals surface area contributed by atoms with Crippen LogP contribution in [0.4, 0.5) is 0 Å². The van der Waals surface area contributed by atoms with Crippen molar-refractivity contribution < 1.29 is 4.79 Å². The number of hydrogen-bond acceptors (Lipinski definition) is 3. The number of aromatic amines is 1. The number of H-pyrrole nitrogens is 1. The maximum atomic E-state index is 12.6. The molecule has 3 aromatic rings. The first-order valence-electron chi connectivity index (χ1n) is 9.13. The van der Waals surface area contributed by atoms with E-state index in [4.69, 9.17) is 0 Å². The fraction of sp³-hybridized carbons (Fsp3) is 0.333. The summed E-state index contributed by atoms with van der Waals surface area (Å²) in [5.74, 6) is 0.333. The molecule has 5 heteroatoms. The van der Waals surface area contributed by atoms with Crippen molar-refractivity contribution in [3.8, 4) is 0 Å². The summed E-state index contributed by atoms with van der Waals surface area (Å²) in [5.41, 5.74) is 3.08.